The summed E-state index contributed by atoms with van der Waals surface area (Å²) in [6, 6.07) is 14.0. The van der Waals surface area contributed by atoms with Crippen LogP contribution in [0.3, 0.4) is 0 Å². The Morgan fingerprint density at radius 2 is 1.97 bits per heavy atom. The zero-order valence-corrected chi connectivity index (χ0v) is 17.5. The van der Waals surface area contributed by atoms with Crippen LogP contribution in [0.2, 0.25) is 0 Å². The average molecular weight is 419 g/mol. The molecule has 31 heavy (non-hydrogen) atoms. The normalized spacial score (nSPS) is 17.4. The number of fused-ring (bicyclic) bond motifs is 2. The van der Waals surface area contributed by atoms with E-state index in [-0.39, 0.29) is 11.5 Å². The van der Waals surface area contributed by atoms with Gasteiger partial charge in [0.1, 0.15) is 12.1 Å². The molecule has 0 unspecified atom stereocenters. The lowest BCUT2D eigenvalue weighted by molar-refractivity contribution is -0.140. The van der Waals surface area contributed by atoms with Gasteiger partial charge in [-0.1, -0.05) is 18.2 Å². The Bertz CT molecular complexity index is 1060. The predicted molar refractivity (Wildman–Crippen MR) is 113 cm³/mol. The summed E-state index contributed by atoms with van der Waals surface area (Å²) in [7, 11) is 1.69. The Balaban J connectivity index is 1.23. The van der Waals surface area contributed by atoms with Crippen LogP contribution < -0.4 is 4.74 Å². The average Bonchev–Trinajstić information content (AvgIpc) is 3.35. The summed E-state index contributed by atoms with van der Waals surface area (Å²) in [6.45, 7) is 2.11. The maximum Gasteiger partial charge on any atom is 0.226 e. The number of nitrogens with zero attached hydrogens (tertiary/aromatic N) is 5. The van der Waals surface area contributed by atoms with Gasteiger partial charge in [0.15, 0.2) is 0 Å². The van der Waals surface area contributed by atoms with Crippen molar-refractivity contribution in [2.24, 2.45) is 0 Å². The fraction of sp³-hybridized carbons (Fsp3) is 0.391. The lowest BCUT2D eigenvalue weighted by Crippen LogP contribution is -2.48. The van der Waals surface area contributed by atoms with Crippen LogP contribution in [0.25, 0.3) is 5.69 Å². The Morgan fingerprint density at radius 1 is 1.16 bits per heavy atom. The second kappa shape index (κ2) is 8.11. The minimum atomic E-state index is -0.288. The van der Waals surface area contributed by atoms with Crippen LogP contribution in [0.4, 0.5) is 0 Å². The highest BCUT2D eigenvalue weighted by atomic mass is 16.5. The van der Waals surface area contributed by atoms with Crippen LogP contribution in [0, 0.1) is 0 Å². The molecule has 8 nitrogen and oxygen atoms in total. The van der Waals surface area contributed by atoms with Crippen LogP contribution in [0.1, 0.15) is 29.5 Å². The van der Waals surface area contributed by atoms with Gasteiger partial charge in [0.05, 0.1) is 31.4 Å². The van der Waals surface area contributed by atoms with Crippen molar-refractivity contribution >= 4 is 5.91 Å². The van der Waals surface area contributed by atoms with Crippen LogP contribution in [-0.4, -0.2) is 57.8 Å². The molecule has 0 bridgehead atoms. The molecule has 0 atom stereocenters. The van der Waals surface area contributed by atoms with E-state index in [2.05, 4.69) is 27.7 Å². The quantitative estimate of drug-likeness (QED) is 0.645. The number of hydrogen-bond acceptors (Lipinski definition) is 6. The number of likely N-dealkylation sites (tertiary alicyclic amines) is 1. The van der Waals surface area contributed by atoms with Gasteiger partial charge in [-0.15, -0.1) is 5.10 Å². The van der Waals surface area contributed by atoms with Crippen LogP contribution in [0.15, 0.2) is 48.8 Å². The van der Waals surface area contributed by atoms with Gasteiger partial charge in [-0.25, -0.2) is 4.68 Å². The zero-order chi connectivity index (χ0) is 21.3. The summed E-state index contributed by atoms with van der Waals surface area (Å²) in [5, 5.41) is 11.2. The molecule has 1 amide bonds. The Labute approximate surface area is 180 Å². The van der Waals surface area contributed by atoms with Crippen molar-refractivity contribution in [3.63, 3.8) is 0 Å². The van der Waals surface area contributed by atoms with E-state index in [1.54, 1.807) is 18.1 Å². The fourth-order valence-corrected chi connectivity index (χ4v) is 4.65. The molecule has 3 heterocycles. The second-order valence-corrected chi connectivity index (χ2v) is 8.09. The monoisotopic (exact) mass is 419 g/mol. The highest BCUT2D eigenvalue weighted by Crippen LogP contribution is 2.42. The molecular formula is C23H25N5O3. The summed E-state index contributed by atoms with van der Waals surface area (Å²) in [6.07, 6.45) is 4.47. The highest BCUT2D eigenvalue weighted by Gasteiger charge is 2.41. The van der Waals surface area contributed by atoms with Gasteiger partial charge in [-0.05, 0) is 70.6 Å². The van der Waals surface area contributed by atoms with Gasteiger partial charge in [0, 0.05) is 13.1 Å². The number of aromatic nitrogens is 4. The first kappa shape index (κ1) is 19.7. The first-order valence-corrected chi connectivity index (χ1v) is 10.6. The molecule has 2 aliphatic rings. The first-order chi connectivity index (χ1) is 15.2. The first-order valence-electron chi connectivity index (χ1n) is 10.6. The van der Waals surface area contributed by atoms with E-state index >= 15 is 0 Å². The summed E-state index contributed by atoms with van der Waals surface area (Å²) >= 11 is 0. The van der Waals surface area contributed by atoms with Crippen molar-refractivity contribution in [1.29, 1.82) is 0 Å². The molecule has 8 heteroatoms. The molecule has 1 spiro atoms. The lowest BCUT2D eigenvalue weighted by Gasteiger charge is -2.45. The Kier molecular flexibility index (Phi) is 5.15. The number of carbonyl (C=O) groups is 1. The molecule has 0 aliphatic carbocycles. The van der Waals surface area contributed by atoms with E-state index in [4.69, 9.17) is 9.47 Å². The van der Waals surface area contributed by atoms with Crippen LogP contribution in [-0.2, 0) is 28.0 Å². The minimum Gasteiger partial charge on any atom is -0.497 e. The predicted octanol–water partition coefficient (Wildman–Crippen LogP) is 2.30. The molecule has 0 radical (unpaired) electrons. The zero-order valence-electron chi connectivity index (χ0n) is 17.5. The van der Waals surface area contributed by atoms with Crippen LogP contribution in [0.5, 0.6) is 5.75 Å². The van der Waals surface area contributed by atoms with E-state index in [0.29, 0.717) is 26.1 Å². The molecule has 1 aromatic heterocycles. The standard InChI is InChI=1S/C23H25N5O3/c1-30-20-6-7-21-18(15-20)8-13-31-23(21)9-11-27(12-10-23)22(29)14-17-2-4-19(5-3-17)28-16-24-25-26-28/h2-7,15-16H,8-14H2,1H3. The molecule has 3 aromatic rings. The van der Waals surface area contributed by atoms with Crippen molar-refractivity contribution < 1.29 is 14.3 Å². The number of carbonyl (C=O) groups excluding carboxylic acids is 1. The molecule has 5 rings (SSSR count). The molecule has 2 aliphatic heterocycles. The summed E-state index contributed by atoms with van der Waals surface area (Å²) in [5.74, 6) is 1.03. The largest absolute Gasteiger partial charge is 0.497 e. The fourth-order valence-electron chi connectivity index (χ4n) is 4.65. The van der Waals surface area contributed by atoms with Crippen molar-refractivity contribution in [2.75, 3.05) is 26.8 Å². The van der Waals surface area contributed by atoms with E-state index in [0.717, 1.165) is 36.3 Å². The van der Waals surface area contributed by atoms with E-state index < -0.39 is 0 Å². The van der Waals surface area contributed by atoms with Gasteiger partial charge >= 0.3 is 0 Å². The molecule has 0 saturated carbocycles. The van der Waals surface area contributed by atoms with Crippen molar-refractivity contribution in [3.8, 4) is 11.4 Å². The van der Waals surface area contributed by atoms with Crippen molar-refractivity contribution in [1.82, 2.24) is 25.1 Å². The SMILES string of the molecule is COc1ccc2c(c1)CCOC21CCN(C(=O)Cc2ccc(-n3cnnn3)cc2)CC1. The summed E-state index contributed by atoms with van der Waals surface area (Å²) in [5.41, 5.74) is 4.11. The van der Waals surface area contributed by atoms with E-state index in [9.17, 15) is 4.79 Å². The maximum absolute atomic E-state index is 12.9. The molecular weight excluding hydrogens is 394 g/mol. The third-order valence-corrected chi connectivity index (χ3v) is 6.38. The van der Waals surface area contributed by atoms with E-state index in [1.165, 1.54) is 11.1 Å². The minimum absolute atomic E-state index is 0.149. The molecule has 1 saturated heterocycles. The number of methoxy groups -OCH3 is 1. The third kappa shape index (κ3) is 3.79. The van der Waals surface area contributed by atoms with E-state index in [1.807, 2.05) is 35.2 Å². The van der Waals surface area contributed by atoms with Gasteiger partial charge in [-0.2, -0.15) is 0 Å². The number of benzene rings is 2. The summed E-state index contributed by atoms with van der Waals surface area (Å²) < 4.78 is 13.3. The number of tetrazole rings is 1. The number of ether oxygens (including phenoxy) is 2. The number of amides is 1. The van der Waals surface area contributed by atoms with Gasteiger partial charge in [-0.3, -0.25) is 4.79 Å². The number of piperidine rings is 1. The molecule has 160 valence electrons. The number of hydrogen-bond donors (Lipinski definition) is 0. The number of rotatable bonds is 4. The van der Waals surface area contributed by atoms with Gasteiger partial charge in [0.2, 0.25) is 5.91 Å². The van der Waals surface area contributed by atoms with Crippen LogP contribution >= 0.6 is 0 Å². The van der Waals surface area contributed by atoms with Gasteiger partial charge in [0.25, 0.3) is 0 Å². The van der Waals surface area contributed by atoms with Crippen molar-refractivity contribution in [2.45, 2.75) is 31.3 Å². The lowest BCUT2D eigenvalue weighted by atomic mass is 9.79. The Hall–Kier alpha value is -3.26. The second-order valence-electron chi connectivity index (χ2n) is 8.09. The highest BCUT2D eigenvalue weighted by molar-refractivity contribution is 5.79. The maximum atomic E-state index is 12.9. The topological polar surface area (TPSA) is 82.4 Å². The smallest absolute Gasteiger partial charge is 0.226 e. The summed E-state index contributed by atoms with van der Waals surface area (Å²) in [4.78, 5) is 14.9. The third-order valence-electron chi connectivity index (χ3n) is 6.38. The molecule has 2 aromatic carbocycles. The molecule has 1 fully saturated rings. The Morgan fingerprint density at radius 3 is 2.68 bits per heavy atom. The molecule has 0 N–H and O–H groups in total. The van der Waals surface area contributed by atoms with Crippen molar-refractivity contribution in [3.05, 3.63) is 65.5 Å². The van der Waals surface area contributed by atoms with Gasteiger partial charge < -0.3 is 14.4 Å².